The minimum atomic E-state index is -0.235. The fourth-order valence-corrected chi connectivity index (χ4v) is 6.81. The molecule has 0 bridgehead atoms. The Labute approximate surface area is 249 Å². The van der Waals surface area contributed by atoms with Gasteiger partial charge in [0.1, 0.15) is 5.82 Å². The van der Waals surface area contributed by atoms with E-state index in [0.29, 0.717) is 5.92 Å². The lowest BCUT2D eigenvalue weighted by Gasteiger charge is -2.32. The standard InChI is InChI=1S/C38H40N4/c1-8-11-34-32(9-2)33-24-39-17-15-35(33)42(34)31-13-10-12-29(23-31)30-21-26(4)36(27(5)22-30)41-19-18-40-37(41)38(7)16-14-25(3)20-28(38)6/h8-9,11-12,14-25H,2,10,13H2,1,3-7H3/b11-8-. The molecule has 1 aromatic carbocycles. The molecule has 2 aliphatic carbocycles. The highest BCUT2D eigenvalue weighted by Crippen LogP contribution is 2.40. The van der Waals surface area contributed by atoms with Crippen molar-refractivity contribution in [3.63, 3.8) is 0 Å². The Kier molecular flexibility index (Phi) is 7.10. The summed E-state index contributed by atoms with van der Waals surface area (Å²) < 4.78 is 4.69. The highest BCUT2D eigenvalue weighted by molar-refractivity contribution is 5.97. The maximum atomic E-state index is 4.89. The van der Waals surface area contributed by atoms with Gasteiger partial charge < -0.3 is 9.13 Å². The largest absolute Gasteiger partial charge is 0.313 e. The van der Waals surface area contributed by atoms with E-state index in [0.717, 1.165) is 35.3 Å². The predicted molar refractivity (Wildman–Crippen MR) is 178 cm³/mol. The summed E-state index contributed by atoms with van der Waals surface area (Å²) in [5, 5.41) is 1.13. The molecule has 6 rings (SSSR count). The summed E-state index contributed by atoms with van der Waals surface area (Å²) in [6.45, 7) is 17.4. The molecule has 0 spiro atoms. The molecule has 0 fully saturated rings. The lowest BCUT2D eigenvalue weighted by Crippen LogP contribution is -2.28. The molecule has 2 unspecified atom stereocenters. The summed E-state index contributed by atoms with van der Waals surface area (Å²) >= 11 is 0. The van der Waals surface area contributed by atoms with Crippen LogP contribution in [0.2, 0.25) is 0 Å². The molecule has 0 saturated carbocycles. The molecule has 0 N–H and O–H groups in total. The van der Waals surface area contributed by atoms with Gasteiger partial charge in [0.05, 0.1) is 22.3 Å². The van der Waals surface area contributed by atoms with Crippen LogP contribution in [0.15, 0.2) is 91.6 Å². The van der Waals surface area contributed by atoms with Crippen molar-refractivity contribution in [2.75, 3.05) is 0 Å². The summed E-state index contributed by atoms with van der Waals surface area (Å²) in [5.41, 5.74) is 12.0. The molecule has 0 amide bonds. The van der Waals surface area contributed by atoms with Crippen LogP contribution in [0.4, 0.5) is 0 Å². The molecule has 2 atom stereocenters. The van der Waals surface area contributed by atoms with Crippen LogP contribution in [-0.2, 0) is 5.41 Å². The van der Waals surface area contributed by atoms with Crippen LogP contribution in [0.3, 0.4) is 0 Å². The van der Waals surface area contributed by atoms with E-state index in [1.54, 1.807) is 0 Å². The summed E-state index contributed by atoms with van der Waals surface area (Å²) in [7, 11) is 0. The molecule has 4 heteroatoms. The summed E-state index contributed by atoms with van der Waals surface area (Å²) in [6.07, 6.45) is 27.8. The van der Waals surface area contributed by atoms with Gasteiger partial charge in [-0.25, -0.2) is 4.98 Å². The minimum absolute atomic E-state index is 0.235. The Hall–Kier alpha value is -4.44. The van der Waals surface area contributed by atoms with Crippen LogP contribution in [0.1, 0.15) is 74.3 Å². The van der Waals surface area contributed by atoms with Gasteiger partial charge in [0, 0.05) is 41.4 Å². The van der Waals surface area contributed by atoms with Gasteiger partial charge in [-0.05, 0) is 106 Å². The molecular formula is C38H40N4. The summed E-state index contributed by atoms with van der Waals surface area (Å²) in [6, 6.07) is 6.78. The zero-order valence-electron chi connectivity index (χ0n) is 25.6. The molecule has 2 aliphatic rings. The number of fused-ring (bicyclic) bond motifs is 1. The first-order valence-corrected chi connectivity index (χ1v) is 15.0. The van der Waals surface area contributed by atoms with Crippen LogP contribution in [-0.4, -0.2) is 19.1 Å². The van der Waals surface area contributed by atoms with Gasteiger partial charge in [-0.1, -0.05) is 55.5 Å². The minimum Gasteiger partial charge on any atom is -0.313 e. The first kappa shape index (κ1) is 27.7. The first-order chi connectivity index (χ1) is 20.3. The maximum Gasteiger partial charge on any atom is 0.127 e. The fraction of sp³-hybridized carbons (Fsp3) is 0.263. The van der Waals surface area contributed by atoms with Gasteiger partial charge in [-0.3, -0.25) is 4.98 Å². The van der Waals surface area contributed by atoms with E-state index in [4.69, 9.17) is 4.98 Å². The van der Waals surface area contributed by atoms with Crippen LogP contribution in [0.5, 0.6) is 0 Å². The van der Waals surface area contributed by atoms with E-state index < -0.39 is 0 Å². The van der Waals surface area contributed by atoms with Gasteiger partial charge in [0.25, 0.3) is 0 Å². The number of aryl methyl sites for hydroxylation is 2. The topological polar surface area (TPSA) is 35.6 Å². The molecule has 4 aromatic rings. The Bertz CT molecular complexity index is 1840. The number of allylic oxidation sites excluding steroid dienone is 9. The number of nitrogens with zero attached hydrogens (tertiary/aromatic N) is 4. The SMILES string of the molecule is C=Cc1c(/C=C\C)n(C2=CC(c3cc(C)c(-n4ccnc4C4(C)C=CC(C)C=C4C)c(C)c3)=CCC2)c2ccncc12. The third-order valence-corrected chi connectivity index (χ3v) is 8.98. The Morgan fingerprint density at radius 3 is 2.62 bits per heavy atom. The third-order valence-electron chi connectivity index (χ3n) is 8.98. The lowest BCUT2D eigenvalue weighted by atomic mass is 9.76. The Morgan fingerprint density at radius 1 is 1.12 bits per heavy atom. The summed E-state index contributed by atoms with van der Waals surface area (Å²) in [5.74, 6) is 1.51. The van der Waals surface area contributed by atoms with E-state index >= 15 is 0 Å². The zero-order valence-corrected chi connectivity index (χ0v) is 25.6. The van der Waals surface area contributed by atoms with Crippen molar-refractivity contribution < 1.29 is 0 Å². The van der Waals surface area contributed by atoms with E-state index in [1.807, 2.05) is 24.7 Å². The van der Waals surface area contributed by atoms with Crippen molar-refractivity contribution in [2.24, 2.45) is 5.92 Å². The molecule has 212 valence electrons. The van der Waals surface area contributed by atoms with Crippen molar-refractivity contribution in [3.8, 4) is 5.69 Å². The number of aromatic nitrogens is 4. The van der Waals surface area contributed by atoms with E-state index in [1.165, 1.54) is 44.7 Å². The zero-order chi connectivity index (χ0) is 29.6. The number of pyridine rings is 1. The van der Waals surface area contributed by atoms with Crippen molar-refractivity contribution in [3.05, 3.63) is 125 Å². The lowest BCUT2D eigenvalue weighted by molar-refractivity contribution is 0.604. The molecular weight excluding hydrogens is 512 g/mol. The highest BCUT2D eigenvalue weighted by Gasteiger charge is 2.33. The van der Waals surface area contributed by atoms with E-state index in [9.17, 15) is 0 Å². The summed E-state index contributed by atoms with van der Waals surface area (Å²) in [4.78, 5) is 9.30. The number of benzene rings is 1. The molecule has 42 heavy (non-hydrogen) atoms. The van der Waals surface area contributed by atoms with E-state index in [-0.39, 0.29) is 5.41 Å². The Morgan fingerprint density at radius 2 is 1.90 bits per heavy atom. The maximum absolute atomic E-state index is 4.89. The van der Waals surface area contributed by atoms with Crippen molar-refractivity contribution in [1.82, 2.24) is 19.1 Å². The van der Waals surface area contributed by atoms with Crippen LogP contribution < -0.4 is 0 Å². The monoisotopic (exact) mass is 552 g/mol. The van der Waals surface area contributed by atoms with Gasteiger partial charge in [-0.15, -0.1) is 0 Å². The molecule has 0 aliphatic heterocycles. The predicted octanol–water partition coefficient (Wildman–Crippen LogP) is 9.64. The van der Waals surface area contributed by atoms with Gasteiger partial charge in [0.2, 0.25) is 0 Å². The molecule has 0 radical (unpaired) electrons. The van der Waals surface area contributed by atoms with Gasteiger partial charge in [0.15, 0.2) is 0 Å². The normalized spacial score (nSPS) is 20.6. The first-order valence-electron chi connectivity index (χ1n) is 15.0. The van der Waals surface area contributed by atoms with Gasteiger partial charge >= 0.3 is 0 Å². The second-order valence-corrected chi connectivity index (χ2v) is 11.9. The van der Waals surface area contributed by atoms with Crippen molar-refractivity contribution in [1.29, 1.82) is 0 Å². The molecule has 3 aromatic heterocycles. The number of hydrogen-bond donors (Lipinski definition) is 0. The van der Waals surface area contributed by atoms with Crippen LogP contribution in [0.25, 0.3) is 40.0 Å². The second-order valence-electron chi connectivity index (χ2n) is 11.9. The van der Waals surface area contributed by atoms with Crippen molar-refractivity contribution in [2.45, 2.75) is 59.8 Å². The highest BCUT2D eigenvalue weighted by atomic mass is 15.1. The quantitative estimate of drug-likeness (QED) is 0.223. The molecule has 3 heterocycles. The fourth-order valence-electron chi connectivity index (χ4n) is 6.81. The number of hydrogen-bond acceptors (Lipinski definition) is 2. The molecule has 0 saturated heterocycles. The molecule has 4 nitrogen and oxygen atoms in total. The van der Waals surface area contributed by atoms with Crippen LogP contribution in [0, 0.1) is 19.8 Å². The van der Waals surface area contributed by atoms with Gasteiger partial charge in [-0.2, -0.15) is 0 Å². The van der Waals surface area contributed by atoms with E-state index in [2.05, 4.69) is 129 Å². The Balaban J connectivity index is 1.43. The smallest absolute Gasteiger partial charge is 0.127 e. The average molecular weight is 553 g/mol. The number of imidazole rings is 1. The van der Waals surface area contributed by atoms with Crippen molar-refractivity contribution >= 4 is 34.3 Å². The number of rotatable bonds is 6. The van der Waals surface area contributed by atoms with Crippen LogP contribution >= 0.6 is 0 Å². The second kappa shape index (κ2) is 10.8. The third kappa shape index (κ3) is 4.46. The average Bonchev–Trinajstić information content (AvgIpc) is 3.58.